The summed E-state index contributed by atoms with van der Waals surface area (Å²) < 4.78 is 58.1. The fourth-order valence-corrected chi connectivity index (χ4v) is 3.59. The molecule has 0 saturated carbocycles. The first-order valence-electron chi connectivity index (χ1n) is 9.72. The van der Waals surface area contributed by atoms with E-state index < -0.39 is 12.1 Å². The number of carboxylic acids is 1. The Morgan fingerprint density at radius 1 is 0.969 bits per heavy atom. The zero-order chi connectivity index (χ0) is 23.3. The predicted molar refractivity (Wildman–Crippen MR) is 107 cm³/mol. The summed E-state index contributed by atoms with van der Waals surface area (Å²) in [4.78, 5) is 8.90. The van der Waals surface area contributed by atoms with Crippen molar-refractivity contribution in [3.05, 3.63) is 77.5 Å². The molecule has 1 saturated heterocycles. The van der Waals surface area contributed by atoms with Crippen molar-refractivity contribution in [3.63, 3.8) is 0 Å². The Labute approximate surface area is 180 Å². The summed E-state index contributed by atoms with van der Waals surface area (Å²) in [5, 5.41) is 18.1. The average Bonchev–Trinajstić information content (AvgIpc) is 3.25. The second kappa shape index (κ2) is 9.90. The van der Waals surface area contributed by atoms with Crippen molar-refractivity contribution < 1.29 is 31.9 Å². The third kappa shape index (κ3) is 5.91. The lowest BCUT2D eigenvalue weighted by Gasteiger charge is -2.31. The maximum Gasteiger partial charge on any atom is 0.490 e. The molecule has 0 spiro atoms. The van der Waals surface area contributed by atoms with Gasteiger partial charge in [-0.15, -0.1) is 0 Å². The van der Waals surface area contributed by atoms with Crippen LogP contribution in [0.5, 0.6) is 0 Å². The Morgan fingerprint density at radius 2 is 1.53 bits per heavy atom. The van der Waals surface area contributed by atoms with Gasteiger partial charge in [0.05, 0.1) is 5.69 Å². The van der Waals surface area contributed by atoms with Crippen molar-refractivity contribution in [2.45, 2.75) is 24.4 Å². The topological polar surface area (TPSA) is 78.0 Å². The fourth-order valence-electron chi connectivity index (χ4n) is 3.59. The first-order chi connectivity index (χ1) is 15.1. The SMILES string of the molecule is Fc1ccc(-c2cc([C@@H]3CCNC[C@H]3c3ccc(F)cc3)[nH]n2)cc1.O=C(O)C(F)(F)F. The molecule has 0 aliphatic carbocycles. The summed E-state index contributed by atoms with van der Waals surface area (Å²) in [7, 11) is 0. The second-order valence-corrected chi connectivity index (χ2v) is 7.28. The molecular weight excluding hydrogens is 433 g/mol. The van der Waals surface area contributed by atoms with Gasteiger partial charge in [-0.3, -0.25) is 5.10 Å². The highest BCUT2D eigenvalue weighted by Gasteiger charge is 2.38. The molecule has 0 amide bonds. The fraction of sp³-hybridized carbons (Fsp3) is 0.273. The van der Waals surface area contributed by atoms with Gasteiger partial charge in [-0.1, -0.05) is 12.1 Å². The number of aromatic nitrogens is 2. The summed E-state index contributed by atoms with van der Waals surface area (Å²) in [6.45, 7) is 1.79. The largest absolute Gasteiger partial charge is 0.490 e. The van der Waals surface area contributed by atoms with Crippen molar-refractivity contribution in [3.8, 4) is 11.3 Å². The lowest BCUT2D eigenvalue weighted by molar-refractivity contribution is -0.192. The molecular formula is C22H20F5N3O2. The number of halogens is 5. The molecule has 5 nitrogen and oxygen atoms in total. The van der Waals surface area contributed by atoms with Crippen LogP contribution in [0.4, 0.5) is 22.0 Å². The average molecular weight is 453 g/mol. The van der Waals surface area contributed by atoms with Crippen molar-refractivity contribution >= 4 is 5.97 Å². The predicted octanol–water partition coefficient (Wildman–Crippen LogP) is 4.85. The number of hydrogen-bond donors (Lipinski definition) is 3. The van der Waals surface area contributed by atoms with E-state index in [0.29, 0.717) is 0 Å². The Bertz CT molecular complexity index is 1030. The molecule has 10 heteroatoms. The van der Waals surface area contributed by atoms with Gasteiger partial charge in [0, 0.05) is 29.6 Å². The van der Waals surface area contributed by atoms with E-state index in [1.54, 1.807) is 12.1 Å². The summed E-state index contributed by atoms with van der Waals surface area (Å²) in [5.74, 6) is -2.68. The van der Waals surface area contributed by atoms with Crippen LogP contribution in [-0.2, 0) is 4.79 Å². The molecule has 2 heterocycles. The summed E-state index contributed by atoms with van der Waals surface area (Å²) >= 11 is 0. The van der Waals surface area contributed by atoms with E-state index in [0.717, 1.165) is 42.0 Å². The van der Waals surface area contributed by atoms with E-state index in [1.807, 2.05) is 18.2 Å². The van der Waals surface area contributed by atoms with E-state index in [9.17, 15) is 22.0 Å². The Morgan fingerprint density at radius 3 is 2.09 bits per heavy atom. The van der Waals surface area contributed by atoms with E-state index in [4.69, 9.17) is 9.90 Å². The molecule has 2 atom stereocenters. The molecule has 32 heavy (non-hydrogen) atoms. The summed E-state index contributed by atoms with van der Waals surface area (Å²) in [5.41, 5.74) is 3.88. The van der Waals surface area contributed by atoms with Crippen molar-refractivity contribution in [2.24, 2.45) is 0 Å². The molecule has 1 aliphatic heterocycles. The molecule has 3 aromatic rings. The normalized spacial score (nSPS) is 18.5. The Kier molecular flexibility index (Phi) is 7.24. The molecule has 1 aliphatic rings. The minimum atomic E-state index is -5.08. The summed E-state index contributed by atoms with van der Waals surface area (Å²) in [6.07, 6.45) is -4.10. The standard InChI is InChI=1S/C20H19F2N3.C2HF3O2/c21-15-5-1-13(2-6-15)18-12-23-10-9-17(18)20-11-19(24-25-20)14-3-7-16(22)8-4-14;3-2(4,5)1(6)7/h1-8,11,17-18,23H,9-10,12H2,(H,24,25);(H,6,7)/t17-,18+;/m1./s1. The van der Waals surface area contributed by atoms with Crippen LogP contribution < -0.4 is 5.32 Å². The van der Waals surface area contributed by atoms with Crippen LogP contribution in [0.15, 0.2) is 54.6 Å². The number of carbonyl (C=O) groups is 1. The van der Waals surface area contributed by atoms with E-state index in [1.165, 1.54) is 24.3 Å². The van der Waals surface area contributed by atoms with E-state index in [2.05, 4.69) is 15.5 Å². The monoisotopic (exact) mass is 453 g/mol. The molecule has 0 radical (unpaired) electrons. The van der Waals surface area contributed by atoms with Crippen molar-refractivity contribution in [2.75, 3.05) is 13.1 Å². The van der Waals surface area contributed by atoms with Crippen LogP contribution in [0, 0.1) is 11.6 Å². The van der Waals surface area contributed by atoms with Gasteiger partial charge < -0.3 is 10.4 Å². The Hall–Kier alpha value is -3.27. The molecule has 3 N–H and O–H groups in total. The third-order valence-corrected chi connectivity index (χ3v) is 5.16. The van der Waals surface area contributed by atoms with Gasteiger partial charge in [0.1, 0.15) is 11.6 Å². The zero-order valence-corrected chi connectivity index (χ0v) is 16.7. The number of alkyl halides is 3. The molecule has 1 fully saturated rings. The number of H-pyrrole nitrogens is 1. The van der Waals surface area contributed by atoms with Gasteiger partial charge in [0.15, 0.2) is 0 Å². The van der Waals surface area contributed by atoms with Crippen LogP contribution in [0.2, 0.25) is 0 Å². The number of carboxylic acid groups (broad SMARTS) is 1. The van der Waals surface area contributed by atoms with Gasteiger partial charge in [-0.25, -0.2) is 13.6 Å². The molecule has 0 unspecified atom stereocenters. The lowest BCUT2D eigenvalue weighted by Crippen LogP contribution is -2.34. The van der Waals surface area contributed by atoms with Gasteiger partial charge >= 0.3 is 12.1 Å². The maximum absolute atomic E-state index is 13.2. The van der Waals surface area contributed by atoms with E-state index >= 15 is 0 Å². The number of aromatic amines is 1. The lowest BCUT2D eigenvalue weighted by atomic mass is 9.79. The highest BCUT2D eigenvalue weighted by molar-refractivity contribution is 5.73. The van der Waals surface area contributed by atoms with Crippen LogP contribution in [0.1, 0.15) is 29.5 Å². The highest BCUT2D eigenvalue weighted by atomic mass is 19.4. The molecule has 2 aromatic carbocycles. The zero-order valence-electron chi connectivity index (χ0n) is 16.7. The van der Waals surface area contributed by atoms with Crippen LogP contribution >= 0.6 is 0 Å². The number of benzene rings is 2. The second-order valence-electron chi connectivity index (χ2n) is 7.28. The number of hydrogen-bond acceptors (Lipinski definition) is 3. The van der Waals surface area contributed by atoms with Gasteiger partial charge in [-0.2, -0.15) is 18.3 Å². The minimum Gasteiger partial charge on any atom is -0.475 e. The Balaban J connectivity index is 0.000000360. The maximum atomic E-state index is 13.2. The molecule has 0 bridgehead atoms. The highest BCUT2D eigenvalue weighted by Crippen LogP contribution is 2.37. The van der Waals surface area contributed by atoms with Crippen molar-refractivity contribution in [1.82, 2.24) is 15.5 Å². The molecule has 1 aromatic heterocycles. The number of rotatable bonds is 3. The number of aliphatic carboxylic acids is 1. The van der Waals surface area contributed by atoms with Crippen LogP contribution in [0.25, 0.3) is 11.3 Å². The number of piperidine rings is 1. The third-order valence-electron chi connectivity index (χ3n) is 5.16. The quantitative estimate of drug-likeness (QED) is 0.496. The van der Waals surface area contributed by atoms with Gasteiger partial charge in [0.2, 0.25) is 0 Å². The minimum absolute atomic E-state index is 0.218. The van der Waals surface area contributed by atoms with Crippen LogP contribution in [0.3, 0.4) is 0 Å². The molecule has 170 valence electrons. The molecule has 4 rings (SSSR count). The first kappa shape index (κ1) is 23.4. The number of nitrogens with one attached hydrogen (secondary N) is 2. The summed E-state index contributed by atoms with van der Waals surface area (Å²) in [6, 6.07) is 15.1. The number of nitrogens with zero attached hydrogens (tertiary/aromatic N) is 1. The van der Waals surface area contributed by atoms with Gasteiger partial charge in [-0.05, 0) is 61.0 Å². The smallest absolute Gasteiger partial charge is 0.475 e. The first-order valence-corrected chi connectivity index (χ1v) is 9.72. The van der Waals surface area contributed by atoms with Crippen molar-refractivity contribution in [1.29, 1.82) is 0 Å². The van der Waals surface area contributed by atoms with Crippen LogP contribution in [-0.4, -0.2) is 40.5 Å². The van der Waals surface area contributed by atoms with Gasteiger partial charge in [0.25, 0.3) is 0 Å². The van der Waals surface area contributed by atoms with E-state index in [-0.39, 0.29) is 23.5 Å².